The number of thioether (sulfide) groups is 2. The quantitative estimate of drug-likeness (QED) is 0.0311. The molecule has 1 saturated heterocycles. The SMILES string of the molecule is CC(C)(O/N=C(\C(=O)N[C@@H]1C(=O)N2C(C(=O)[O-])=C(CSc3cc[n+](C(=O)NNC(=O)c4ccc(O)c(O)c4)cc3)CS[C@H]12)c1csc(N)n1)C(=O)O. The Kier molecular flexibility index (Phi) is 10.9. The van der Waals surface area contributed by atoms with Crippen LogP contribution in [0.15, 0.2) is 69.4 Å². The largest absolute Gasteiger partial charge is 0.543 e. The summed E-state index contributed by atoms with van der Waals surface area (Å²) in [6.07, 6.45) is 2.79. The zero-order chi connectivity index (χ0) is 37.9. The molecule has 2 aliphatic heterocycles. The number of carboxylic acid groups (broad SMARTS) is 2. The number of nitrogens with zero attached hydrogens (tertiary/aromatic N) is 4. The Bertz CT molecular complexity index is 2030. The highest BCUT2D eigenvalue weighted by Crippen LogP contribution is 2.41. The maximum Gasteiger partial charge on any atom is 0.519 e. The molecular weight excluding hydrogens is 745 g/mol. The van der Waals surface area contributed by atoms with Crippen LogP contribution >= 0.6 is 34.9 Å². The van der Waals surface area contributed by atoms with Crippen molar-refractivity contribution in [3.63, 3.8) is 0 Å². The Hall–Kier alpha value is -5.87. The number of benzene rings is 1. The smallest absolute Gasteiger partial charge is 0.519 e. The lowest BCUT2D eigenvalue weighted by Gasteiger charge is -2.50. The first-order chi connectivity index (χ1) is 24.6. The number of hydrogen-bond acceptors (Lipinski definition) is 16. The monoisotopic (exact) mass is 772 g/mol. The van der Waals surface area contributed by atoms with E-state index in [1.165, 1.54) is 61.2 Å². The number of rotatable bonds is 11. The zero-order valence-corrected chi connectivity index (χ0v) is 29.3. The second-order valence-corrected chi connectivity index (χ2v) is 14.4. The number of hydrazine groups is 1. The van der Waals surface area contributed by atoms with Gasteiger partial charge in [-0.2, -0.15) is 14.8 Å². The van der Waals surface area contributed by atoms with Gasteiger partial charge in [0.25, 0.3) is 17.7 Å². The van der Waals surface area contributed by atoms with Gasteiger partial charge in [-0.25, -0.2) is 9.78 Å². The highest BCUT2D eigenvalue weighted by molar-refractivity contribution is 8.01. The Morgan fingerprint density at radius 2 is 1.87 bits per heavy atom. The second kappa shape index (κ2) is 15.2. The molecule has 4 amide bonds. The van der Waals surface area contributed by atoms with E-state index in [-0.39, 0.29) is 33.6 Å². The molecule has 1 aromatic carbocycles. The number of nitrogen functional groups attached to an aromatic ring is 1. The number of anilines is 1. The van der Waals surface area contributed by atoms with E-state index in [0.29, 0.717) is 10.5 Å². The van der Waals surface area contributed by atoms with Crippen LogP contribution in [-0.2, 0) is 24.0 Å². The van der Waals surface area contributed by atoms with Crippen molar-refractivity contribution >= 4 is 81.4 Å². The van der Waals surface area contributed by atoms with E-state index in [9.17, 15) is 49.2 Å². The number of carbonyl (C=O) groups is 6. The number of carbonyl (C=O) groups excluding carboxylic acids is 5. The van der Waals surface area contributed by atoms with E-state index in [1.54, 1.807) is 12.1 Å². The number of thiazole rings is 1. The molecule has 19 nitrogen and oxygen atoms in total. The van der Waals surface area contributed by atoms with Crippen molar-refractivity contribution < 1.29 is 58.6 Å². The fourth-order valence-corrected chi connectivity index (χ4v) is 7.44. The minimum atomic E-state index is -1.81. The summed E-state index contributed by atoms with van der Waals surface area (Å²) in [4.78, 5) is 85.7. The third kappa shape index (κ3) is 8.03. The summed E-state index contributed by atoms with van der Waals surface area (Å²) in [6.45, 7) is 2.43. The molecule has 272 valence electrons. The molecule has 0 aliphatic carbocycles. The van der Waals surface area contributed by atoms with Crippen molar-refractivity contribution in [3.05, 3.63) is 70.6 Å². The first-order valence-electron chi connectivity index (χ1n) is 14.7. The number of nitrogens with two attached hydrogens (primary N) is 1. The summed E-state index contributed by atoms with van der Waals surface area (Å²) >= 11 is 3.42. The van der Waals surface area contributed by atoms with Crippen molar-refractivity contribution in [1.29, 1.82) is 0 Å². The van der Waals surface area contributed by atoms with Crippen LogP contribution in [0.1, 0.15) is 29.9 Å². The number of carboxylic acids is 2. The van der Waals surface area contributed by atoms with E-state index >= 15 is 0 Å². The van der Waals surface area contributed by atoms with Crippen molar-refractivity contribution in [2.75, 3.05) is 17.2 Å². The zero-order valence-electron chi connectivity index (χ0n) is 26.9. The number of fused-ring (bicyclic) bond motifs is 1. The fourth-order valence-electron chi connectivity index (χ4n) is 4.52. The molecular formula is C30H28N8O11S3. The first-order valence-corrected chi connectivity index (χ1v) is 17.7. The maximum absolute atomic E-state index is 13.3. The van der Waals surface area contributed by atoms with Gasteiger partial charge in [-0.15, -0.1) is 40.3 Å². The van der Waals surface area contributed by atoms with Gasteiger partial charge in [0.2, 0.25) is 5.60 Å². The van der Waals surface area contributed by atoms with Crippen LogP contribution in [0, 0.1) is 0 Å². The Morgan fingerprint density at radius 3 is 2.48 bits per heavy atom. The van der Waals surface area contributed by atoms with Gasteiger partial charge in [0.1, 0.15) is 29.5 Å². The van der Waals surface area contributed by atoms with E-state index in [4.69, 9.17) is 10.6 Å². The van der Waals surface area contributed by atoms with E-state index < -0.39 is 69.9 Å². The van der Waals surface area contributed by atoms with Crippen molar-refractivity contribution in [3.8, 4) is 11.5 Å². The van der Waals surface area contributed by atoms with Crippen LogP contribution in [0.4, 0.5) is 9.93 Å². The van der Waals surface area contributed by atoms with Crippen LogP contribution in [0.2, 0.25) is 0 Å². The summed E-state index contributed by atoms with van der Waals surface area (Å²) in [6, 6.07) is 4.63. The Morgan fingerprint density at radius 1 is 1.15 bits per heavy atom. The molecule has 2 aliphatic rings. The van der Waals surface area contributed by atoms with Crippen molar-refractivity contribution in [2.24, 2.45) is 5.16 Å². The lowest BCUT2D eigenvalue weighted by atomic mass is 10.0. The minimum Gasteiger partial charge on any atom is -0.543 e. The van der Waals surface area contributed by atoms with Gasteiger partial charge < -0.3 is 41.1 Å². The average Bonchev–Trinajstić information content (AvgIpc) is 3.54. The fraction of sp³-hybridized carbons (Fsp3) is 0.233. The van der Waals surface area contributed by atoms with Gasteiger partial charge >= 0.3 is 12.0 Å². The molecule has 0 bridgehead atoms. The van der Waals surface area contributed by atoms with Crippen LogP contribution in [0.5, 0.6) is 11.5 Å². The number of pyridine rings is 1. The van der Waals surface area contributed by atoms with Crippen LogP contribution in [0.25, 0.3) is 0 Å². The molecule has 0 saturated carbocycles. The van der Waals surface area contributed by atoms with Gasteiger partial charge in [0.15, 0.2) is 22.3 Å². The van der Waals surface area contributed by atoms with E-state index in [0.717, 1.165) is 32.9 Å². The van der Waals surface area contributed by atoms with Crippen molar-refractivity contribution in [2.45, 2.75) is 35.8 Å². The molecule has 5 rings (SSSR count). The number of β-lactam (4-membered cyclic amide) rings is 1. The van der Waals surface area contributed by atoms with Gasteiger partial charge in [0.05, 0.1) is 11.7 Å². The van der Waals surface area contributed by atoms with Crippen molar-refractivity contribution in [1.82, 2.24) is 26.1 Å². The number of nitrogens with one attached hydrogen (secondary N) is 3. The topological polar surface area (TPSA) is 290 Å². The number of aliphatic carboxylic acids is 2. The molecule has 0 radical (unpaired) electrons. The third-order valence-electron chi connectivity index (χ3n) is 7.35. The van der Waals surface area contributed by atoms with Crippen LogP contribution in [-0.4, -0.2) is 95.1 Å². The molecule has 52 heavy (non-hydrogen) atoms. The van der Waals surface area contributed by atoms with Gasteiger partial charge in [-0.1, -0.05) is 5.16 Å². The molecule has 2 aromatic heterocycles. The molecule has 3 aromatic rings. The molecule has 0 unspecified atom stereocenters. The van der Waals surface area contributed by atoms with Crippen LogP contribution in [0.3, 0.4) is 0 Å². The number of aromatic nitrogens is 2. The number of hydrogen-bond donors (Lipinski definition) is 7. The van der Waals surface area contributed by atoms with Gasteiger partial charge in [-0.3, -0.25) is 19.3 Å². The lowest BCUT2D eigenvalue weighted by molar-refractivity contribution is -0.572. The summed E-state index contributed by atoms with van der Waals surface area (Å²) in [7, 11) is 0. The number of oxime groups is 1. The minimum absolute atomic E-state index is 0.0181. The summed E-state index contributed by atoms with van der Waals surface area (Å²) in [5.41, 5.74) is 7.83. The molecule has 22 heteroatoms. The Labute approximate surface area is 305 Å². The molecule has 0 spiro atoms. The molecule has 8 N–H and O–H groups in total. The normalized spacial score (nSPS) is 17.1. The third-order valence-corrected chi connectivity index (χ3v) is 10.5. The number of phenols is 2. The second-order valence-electron chi connectivity index (χ2n) is 11.3. The standard InChI is InChI=1S/C30H28N8O11S3/c1-30(2,27(46)47)49-36-19(16-12-52-28(31)32-16)23(42)33-20-24(43)38-21(26(44)45)14(11-51-25(20)38)10-50-15-5-7-37(8-6-15)29(48)35-34-22(41)13-3-4-17(39)18(40)9-13/h3-9,12,20,25H,10-11H2,1-2H3,(H8-,31,32,33,34,35,36,39,40,41,42,44,45,46,47,48)/t20-,25-/m1/s1. The number of phenolic OH excluding ortho intramolecular Hbond substituents is 2. The summed E-state index contributed by atoms with van der Waals surface area (Å²) < 4.78 is 1.12. The predicted molar refractivity (Wildman–Crippen MR) is 181 cm³/mol. The maximum atomic E-state index is 13.3. The Balaban J connectivity index is 1.21. The summed E-state index contributed by atoms with van der Waals surface area (Å²) in [5.74, 6) is -5.96. The predicted octanol–water partition coefficient (Wildman–Crippen LogP) is -0.893. The van der Waals surface area contributed by atoms with Gasteiger partial charge in [-0.05, 0) is 49.8 Å². The molecule has 1 fully saturated rings. The molecule has 4 heterocycles. The first kappa shape index (κ1) is 37.4. The lowest BCUT2D eigenvalue weighted by Crippen LogP contribution is -2.71. The molecule has 2 atom stereocenters. The van der Waals surface area contributed by atoms with E-state index in [1.807, 2.05) is 0 Å². The highest BCUT2D eigenvalue weighted by atomic mass is 32.2. The van der Waals surface area contributed by atoms with E-state index in [2.05, 4.69) is 26.3 Å². The number of aromatic hydroxyl groups is 2. The summed E-state index contributed by atoms with van der Waals surface area (Å²) in [5, 5.41) is 47.4. The van der Waals surface area contributed by atoms with Gasteiger partial charge in [0, 0.05) is 27.3 Å². The average molecular weight is 773 g/mol. The highest BCUT2D eigenvalue weighted by Gasteiger charge is 2.53. The van der Waals surface area contributed by atoms with Crippen LogP contribution < -0.4 is 31.6 Å². The number of amides is 4.